The Morgan fingerprint density at radius 1 is 1.25 bits per heavy atom. The van der Waals surface area contributed by atoms with Gasteiger partial charge in [-0.1, -0.05) is 0 Å². The van der Waals surface area contributed by atoms with Crippen LogP contribution in [0.1, 0.15) is 39.2 Å². The summed E-state index contributed by atoms with van der Waals surface area (Å²) in [6.07, 6.45) is 0.672. The molecule has 0 radical (unpaired) electrons. The van der Waals surface area contributed by atoms with Crippen LogP contribution in [0.4, 0.5) is 15.3 Å². The van der Waals surface area contributed by atoms with Crippen LogP contribution in [-0.4, -0.2) is 47.2 Å². The molecule has 1 saturated carbocycles. The van der Waals surface area contributed by atoms with Crippen LogP contribution in [-0.2, 0) is 16.1 Å². The van der Waals surface area contributed by atoms with Gasteiger partial charge in [0.2, 0.25) is 5.91 Å². The molecule has 1 aliphatic carbocycles. The summed E-state index contributed by atoms with van der Waals surface area (Å²) in [5.74, 6) is 0.338. The standard InChI is InChI=1S/C19H26N4O5/c1-18(2,3)28-17(26)23-8-9-27-14-5-4-13(10-12(14)11-23)21-15(24)19(6-7-19)22-16(20)25/h4-5,10H,6-9,11H2,1-3H3,(H,21,24)(H3,20,22,25). The number of primary amides is 1. The molecule has 0 bridgehead atoms. The molecule has 1 heterocycles. The van der Waals surface area contributed by atoms with Gasteiger partial charge in [0.25, 0.3) is 0 Å². The third-order valence-electron chi connectivity index (χ3n) is 4.50. The normalized spacial score (nSPS) is 17.5. The average molecular weight is 390 g/mol. The quantitative estimate of drug-likeness (QED) is 0.728. The second kappa shape index (κ2) is 7.21. The summed E-state index contributed by atoms with van der Waals surface area (Å²) in [7, 11) is 0. The Hall–Kier alpha value is -2.97. The molecule has 4 amide bonds. The highest BCUT2D eigenvalue weighted by Gasteiger charge is 2.51. The third kappa shape index (κ3) is 4.65. The van der Waals surface area contributed by atoms with E-state index in [1.165, 1.54) is 0 Å². The maximum atomic E-state index is 12.5. The van der Waals surface area contributed by atoms with Crippen LogP contribution in [0.5, 0.6) is 5.75 Å². The zero-order valence-corrected chi connectivity index (χ0v) is 16.3. The first kappa shape index (κ1) is 19.8. The van der Waals surface area contributed by atoms with E-state index in [2.05, 4.69) is 10.6 Å². The molecule has 1 aliphatic heterocycles. The van der Waals surface area contributed by atoms with Crippen molar-refractivity contribution in [3.8, 4) is 5.75 Å². The lowest BCUT2D eigenvalue weighted by Gasteiger charge is -2.26. The number of ether oxygens (including phenoxy) is 2. The monoisotopic (exact) mass is 390 g/mol. The molecule has 28 heavy (non-hydrogen) atoms. The zero-order chi connectivity index (χ0) is 20.5. The molecule has 4 N–H and O–H groups in total. The van der Waals surface area contributed by atoms with Crippen molar-refractivity contribution >= 4 is 23.7 Å². The van der Waals surface area contributed by atoms with Crippen LogP contribution in [0.3, 0.4) is 0 Å². The van der Waals surface area contributed by atoms with Gasteiger partial charge in [-0.3, -0.25) is 4.79 Å². The number of anilines is 1. The van der Waals surface area contributed by atoms with E-state index in [9.17, 15) is 14.4 Å². The number of carbonyl (C=O) groups excluding carboxylic acids is 3. The summed E-state index contributed by atoms with van der Waals surface area (Å²) in [6.45, 7) is 6.50. The highest BCUT2D eigenvalue weighted by atomic mass is 16.6. The Labute approximate surface area is 163 Å². The molecular weight excluding hydrogens is 364 g/mol. The summed E-state index contributed by atoms with van der Waals surface area (Å²) < 4.78 is 11.2. The lowest BCUT2D eigenvalue weighted by molar-refractivity contribution is -0.118. The van der Waals surface area contributed by atoms with E-state index in [1.54, 1.807) is 23.1 Å². The van der Waals surface area contributed by atoms with Gasteiger partial charge in [0.15, 0.2) is 0 Å². The van der Waals surface area contributed by atoms with E-state index in [4.69, 9.17) is 15.2 Å². The number of carbonyl (C=O) groups is 3. The van der Waals surface area contributed by atoms with Crippen molar-refractivity contribution in [1.29, 1.82) is 0 Å². The van der Waals surface area contributed by atoms with Crippen molar-refractivity contribution in [2.45, 2.75) is 51.3 Å². The Balaban J connectivity index is 1.72. The number of nitrogens with one attached hydrogen (secondary N) is 2. The minimum Gasteiger partial charge on any atom is -0.491 e. The summed E-state index contributed by atoms with van der Waals surface area (Å²) in [5, 5.41) is 5.30. The highest BCUT2D eigenvalue weighted by molar-refractivity contribution is 6.02. The smallest absolute Gasteiger partial charge is 0.410 e. The molecule has 0 spiro atoms. The number of benzene rings is 1. The Morgan fingerprint density at radius 2 is 1.96 bits per heavy atom. The van der Waals surface area contributed by atoms with Gasteiger partial charge in [-0.25, -0.2) is 9.59 Å². The second-order valence-corrected chi connectivity index (χ2v) is 8.10. The van der Waals surface area contributed by atoms with E-state index in [0.717, 1.165) is 5.56 Å². The first-order valence-electron chi connectivity index (χ1n) is 9.21. The number of rotatable bonds is 3. The van der Waals surface area contributed by atoms with Crippen LogP contribution in [0.25, 0.3) is 0 Å². The van der Waals surface area contributed by atoms with Crippen molar-refractivity contribution in [1.82, 2.24) is 10.2 Å². The third-order valence-corrected chi connectivity index (χ3v) is 4.50. The molecule has 1 aromatic rings. The molecule has 1 fully saturated rings. The van der Waals surface area contributed by atoms with Gasteiger partial charge in [-0.05, 0) is 51.8 Å². The van der Waals surface area contributed by atoms with E-state index < -0.39 is 23.3 Å². The maximum Gasteiger partial charge on any atom is 0.410 e. The number of urea groups is 1. The molecule has 0 atom stereocenters. The summed E-state index contributed by atoms with van der Waals surface area (Å²) in [5.41, 5.74) is 4.94. The topological polar surface area (TPSA) is 123 Å². The van der Waals surface area contributed by atoms with Gasteiger partial charge in [-0.2, -0.15) is 0 Å². The van der Waals surface area contributed by atoms with E-state index in [1.807, 2.05) is 20.8 Å². The molecule has 1 aromatic carbocycles. The molecule has 0 unspecified atom stereocenters. The number of hydrogen-bond donors (Lipinski definition) is 3. The molecule has 0 saturated heterocycles. The fourth-order valence-electron chi connectivity index (χ4n) is 2.97. The van der Waals surface area contributed by atoms with E-state index in [0.29, 0.717) is 44.0 Å². The molecule has 2 aliphatic rings. The number of nitrogens with zero attached hydrogens (tertiary/aromatic N) is 1. The van der Waals surface area contributed by atoms with Gasteiger partial charge >= 0.3 is 12.1 Å². The Morgan fingerprint density at radius 3 is 2.57 bits per heavy atom. The van der Waals surface area contributed by atoms with Crippen LogP contribution in [0.15, 0.2) is 18.2 Å². The minimum atomic E-state index is -0.933. The van der Waals surface area contributed by atoms with Crippen molar-refractivity contribution < 1.29 is 23.9 Å². The van der Waals surface area contributed by atoms with Crippen molar-refractivity contribution in [2.24, 2.45) is 5.73 Å². The summed E-state index contributed by atoms with van der Waals surface area (Å²) >= 11 is 0. The van der Waals surface area contributed by atoms with Gasteiger partial charge in [0.1, 0.15) is 23.5 Å². The lowest BCUT2D eigenvalue weighted by atomic mass is 10.1. The largest absolute Gasteiger partial charge is 0.491 e. The van der Waals surface area contributed by atoms with E-state index >= 15 is 0 Å². The fraction of sp³-hybridized carbons (Fsp3) is 0.526. The second-order valence-electron chi connectivity index (χ2n) is 8.10. The first-order chi connectivity index (χ1) is 13.1. The van der Waals surface area contributed by atoms with Crippen molar-refractivity contribution in [3.05, 3.63) is 23.8 Å². The maximum absolute atomic E-state index is 12.5. The Kier molecular flexibility index (Phi) is 5.10. The van der Waals surface area contributed by atoms with Crippen LogP contribution in [0.2, 0.25) is 0 Å². The van der Waals surface area contributed by atoms with E-state index in [-0.39, 0.29) is 5.91 Å². The first-order valence-corrected chi connectivity index (χ1v) is 9.21. The number of amides is 4. The molecular formula is C19H26N4O5. The van der Waals surface area contributed by atoms with Gasteiger partial charge in [-0.15, -0.1) is 0 Å². The number of nitrogens with two attached hydrogens (primary N) is 1. The SMILES string of the molecule is CC(C)(C)OC(=O)N1CCOc2ccc(NC(=O)C3(NC(N)=O)CC3)cc2C1. The van der Waals surface area contributed by atoms with Crippen LogP contribution >= 0.6 is 0 Å². The number of fused-ring (bicyclic) bond motifs is 1. The van der Waals surface area contributed by atoms with Gasteiger partial charge in [0.05, 0.1) is 13.1 Å². The predicted octanol–water partition coefficient (Wildman–Crippen LogP) is 1.96. The van der Waals surface area contributed by atoms with Crippen molar-refractivity contribution in [2.75, 3.05) is 18.5 Å². The van der Waals surface area contributed by atoms with Gasteiger partial charge < -0.3 is 30.7 Å². The molecule has 9 nitrogen and oxygen atoms in total. The molecule has 0 aromatic heterocycles. The zero-order valence-electron chi connectivity index (χ0n) is 16.3. The predicted molar refractivity (Wildman–Crippen MR) is 102 cm³/mol. The Bertz CT molecular complexity index is 798. The minimum absolute atomic E-state index is 0.304. The van der Waals surface area contributed by atoms with Gasteiger partial charge in [0, 0.05) is 11.3 Å². The fourth-order valence-corrected chi connectivity index (χ4v) is 2.97. The molecule has 152 valence electrons. The van der Waals surface area contributed by atoms with Crippen LogP contribution < -0.4 is 21.1 Å². The summed E-state index contributed by atoms with van der Waals surface area (Å²) in [4.78, 5) is 37.6. The molecule has 3 rings (SSSR count). The average Bonchev–Trinajstić information content (AvgIpc) is 3.36. The highest BCUT2D eigenvalue weighted by Crippen LogP contribution is 2.37. The number of hydrogen-bond acceptors (Lipinski definition) is 5. The van der Waals surface area contributed by atoms with Crippen molar-refractivity contribution in [3.63, 3.8) is 0 Å². The lowest BCUT2D eigenvalue weighted by Crippen LogP contribution is -2.48. The van der Waals surface area contributed by atoms with Crippen LogP contribution in [0, 0.1) is 0 Å². The molecule has 9 heteroatoms. The summed E-state index contributed by atoms with van der Waals surface area (Å²) in [6, 6.07) is 4.51.